The maximum atomic E-state index is 6.24. The standard InChI is InChI=1S/C17H11Cl2N3/c18-13-4-1-10-2-6-15(22-17(10)16(13)19)21-12-3-5-14-11(9-12)7-8-20-14/h1-9,20H,(H,21,22). The minimum Gasteiger partial charge on any atom is -0.361 e. The third-order valence-corrected chi connectivity index (χ3v) is 4.37. The Kier molecular flexibility index (Phi) is 3.17. The first kappa shape index (κ1) is 13.4. The average molecular weight is 328 g/mol. The topological polar surface area (TPSA) is 40.7 Å². The molecule has 4 rings (SSSR count). The fraction of sp³-hybridized carbons (Fsp3) is 0. The van der Waals surface area contributed by atoms with Gasteiger partial charge in [0, 0.05) is 28.2 Å². The number of fused-ring (bicyclic) bond motifs is 2. The van der Waals surface area contributed by atoms with E-state index in [0.29, 0.717) is 15.6 Å². The van der Waals surface area contributed by atoms with Crippen molar-refractivity contribution in [3.8, 4) is 0 Å². The molecule has 0 radical (unpaired) electrons. The lowest BCUT2D eigenvalue weighted by molar-refractivity contribution is 1.37. The predicted molar refractivity (Wildman–Crippen MR) is 93.3 cm³/mol. The van der Waals surface area contributed by atoms with Crippen LogP contribution in [-0.4, -0.2) is 9.97 Å². The van der Waals surface area contributed by atoms with E-state index in [1.54, 1.807) is 6.07 Å². The lowest BCUT2D eigenvalue weighted by Gasteiger charge is -2.08. The number of hydrogen-bond acceptors (Lipinski definition) is 2. The number of H-pyrrole nitrogens is 1. The van der Waals surface area contributed by atoms with Crippen LogP contribution in [0.2, 0.25) is 10.0 Å². The Morgan fingerprint density at radius 2 is 1.77 bits per heavy atom. The molecule has 2 aromatic heterocycles. The van der Waals surface area contributed by atoms with Crippen molar-refractivity contribution in [3.63, 3.8) is 0 Å². The molecule has 0 bridgehead atoms. The third kappa shape index (κ3) is 2.28. The first-order chi connectivity index (χ1) is 10.7. The van der Waals surface area contributed by atoms with Crippen molar-refractivity contribution in [2.75, 3.05) is 5.32 Å². The van der Waals surface area contributed by atoms with Crippen molar-refractivity contribution in [1.82, 2.24) is 9.97 Å². The smallest absolute Gasteiger partial charge is 0.131 e. The van der Waals surface area contributed by atoms with Crippen LogP contribution in [0.4, 0.5) is 11.5 Å². The first-order valence-electron chi connectivity index (χ1n) is 6.80. The van der Waals surface area contributed by atoms with Gasteiger partial charge in [-0.1, -0.05) is 29.3 Å². The predicted octanol–water partition coefficient (Wildman–Crippen LogP) is 5.77. The number of nitrogens with zero attached hydrogens (tertiary/aromatic N) is 1. The van der Waals surface area contributed by atoms with Crippen molar-refractivity contribution in [3.05, 3.63) is 64.8 Å². The van der Waals surface area contributed by atoms with Gasteiger partial charge in [-0.15, -0.1) is 0 Å². The molecule has 2 heterocycles. The van der Waals surface area contributed by atoms with Crippen molar-refractivity contribution >= 4 is 56.5 Å². The highest BCUT2D eigenvalue weighted by atomic mass is 35.5. The van der Waals surface area contributed by atoms with Gasteiger partial charge in [-0.3, -0.25) is 0 Å². The normalized spacial score (nSPS) is 11.2. The summed E-state index contributed by atoms with van der Waals surface area (Å²) in [7, 11) is 0. The van der Waals surface area contributed by atoms with Gasteiger partial charge in [0.2, 0.25) is 0 Å². The van der Waals surface area contributed by atoms with Crippen molar-refractivity contribution < 1.29 is 0 Å². The molecule has 0 fully saturated rings. The van der Waals surface area contributed by atoms with Gasteiger partial charge in [0.15, 0.2) is 0 Å². The highest BCUT2D eigenvalue weighted by Gasteiger charge is 2.07. The zero-order valence-corrected chi connectivity index (χ0v) is 12.9. The molecular weight excluding hydrogens is 317 g/mol. The molecule has 0 amide bonds. The highest BCUT2D eigenvalue weighted by Crippen LogP contribution is 2.31. The Hall–Kier alpha value is -2.23. The fourth-order valence-electron chi connectivity index (χ4n) is 2.48. The molecule has 22 heavy (non-hydrogen) atoms. The minimum atomic E-state index is 0.476. The van der Waals surface area contributed by atoms with E-state index in [1.165, 1.54) is 0 Å². The van der Waals surface area contributed by atoms with Gasteiger partial charge < -0.3 is 10.3 Å². The van der Waals surface area contributed by atoms with Crippen LogP contribution in [0, 0.1) is 0 Å². The van der Waals surface area contributed by atoms with Crippen LogP contribution in [0.5, 0.6) is 0 Å². The van der Waals surface area contributed by atoms with Crippen LogP contribution in [-0.2, 0) is 0 Å². The summed E-state index contributed by atoms with van der Waals surface area (Å²) in [5.41, 5.74) is 2.77. The van der Waals surface area contributed by atoms with Gasteiger partial charge >= 0.3 is 0 Å². The van der Waals surface area contributed by atoms with Gasteiger partial charge in [0.1, 0.15) is 5.82 Å². The molecule has 5 heteroatoms. The van der Waals surface area contributed by atoms with Crippen LogP contribution in [0.1, 0.15) is 0 Å². The van der Waals surface area contributed by atoms with E-state index in [2.05, 4.69) is 21.4 Å². The lowest BCUT2D eigenvalue weighted by Crippen LogP contribution is -1.94. The van der Waals surface area contributed by atoms with E-state index in [9.17, 15) is 0 Å². The van der Waals surface area contributed by atoms with E-state index in [4.69, 9.17) is 23.2 Å². The summed E-state index contributed by atoms with van der Waals surface area (Å²) in [6, 6.07) is 15.7. The van der Waals surface area contributed by atoms with Gasteiger partial charge in [-0.25, -0.2) is 4.98 Å². The van der Waals surface area contributed by atoms with E-state index in [1.807, 2.05) is 42.6 Å². The summed E-state index contributed by atoms with van der Waals surface area (Å²) in [5, 5.41) is 6.39. The molecule has 0 saturated carbocycles. The summed E-state index contributed by atoms with van der Waals surface area (Å²) in [5.74, 6) is 0.728. The molecule has 0 spiro atoms. The van der Waals surface area contributed by atoms with Crippen LogP contribution < -0.4 is 5.32 Å². The highest BCUT2D eigenvalue weighted by molar-refractivity contribution is 6.45. The molecular formula is C17H11Cl2N3. The number of nitrogens with one attached hydrogen (secondary N) is 2. The summed E-state index contributed by atoms with van der Waals surface area (Å²) >= 11 is 12.3. The molecule has 0 aliphatic carbocycles. The van der Waals surface area contributed by atoms with Gasteiger partial charge in [-0.05, 0) is 42.5 Å². The number of aromatic amines is 1. The molecule has 108 valence electrons. The Balaban J connectivity index is 1.75. The average Bonchev–Trinajstić information content (AvgIpc) is 2.99. The van der Waals surface area contributed by atoms with E-state index in [0.717, 1.165) is 27.8 Å². The summed E-state index contributed by atoms with van der Waals surface area (Å²) < 4.78 is 0. The zero-order chi connectivity index (χ0) is 15.1. The minimum absolute atomic E-state index is 0.476. The lowest BCUT2D eigenvalue weighted by atomic mass is 10.2. The van der Waals surface area contributed by atoms with E-state index >= 15 is 0 Å². The number of hydrogen-bond donors (Lipinski definition) is 2. The van der Waals surface area contributed by atoms with Gasteiger partial charge in [0.25, 0.3) is 0 Å². The Labute approximate surface area is 136 Å². The summed E-state index contributed by atoms with van der Waals surface area (Å²) in [4.78, 5) is 7.74. The molecule has 0 aliphatic rings. The van der Waals surface area contributed by atoms with Crippen LogP contribution >= 0.6 is 23.2 Å². The monoisotopic (exact) mass is 327 g/mol. The maximum Gasteiger partial charge on any atom is 0.131 e. The van der Waals surface area contributed by atoms with E-state index in [-0.39, 0.29) is 0 Å². The fourth-order valence-corrected chi connectivity index (χ4v) is 2.84. The van der Waals surface area contributed by atoms with Crippen LogP contribution in [0.3, 0.4) is 0 Å². The SMILES string of the molecule is Clc1ccc2ccc(Nc3ccc4[nH]ccc4c3)nc2c1Cl. The van der Waals surface area contributed by atoms with Gasteiger partial charge in [-0.2, -0.15) is 0 Å². The molecule has 0 saturated heterocycles. The molecule has 0 unspecified atom stereocenters. The zero-order valence-electron chi connectivity index (χ0n) is 11.4. The van der Waals surface area contributed by atoms with Crippen molar-refractivity contribution in [2.24, 2.45) is 0 Å². The molecule has 2 aromatic carbocycles. The second-order valence-corrected chi connectivity index (χ2v) is 5.82. The maximum absolute atomic E-state index is 6.24. The number of pyridine rings is 1. The third-order valence-electron chi connectivity index (χ3n) is 3.58. The molecule has 0 atom stereocenters. The molecule has 2 N–H and O–H groups in total. The quantitative estimate of drug-likeness (QED) is 0.491. The van der Waals surface area contributed by atoms with Crippen molar-refractivity contribution in [2.45, 2.75) is 0 Å². The number of benzene rings is 2. The first-order valence-corrected chi connectivity index (χ1v) is 7.55. The van der Waals surface area contributed by atoms with Crippen LogP contribution in [0.15, 0.2) is 54.7 Å². The summed E-state index contributed by atoms with van der Waals surface area (Å²) in [6.07, 6.45) is 1.92. The number of rotatable bonds is 2. The number of aromatic nitrogens is 2. The Bertz CT molecular complexity index is 992. The van der Waals surface area contributed by atoms with E-state index < -0.39 is 0 Å². The second kappa shape index (κ2) is 5.20. The molecule has 4 aromatic rings. The number of anilines is 2. The van der Waals surface area contributed by atoms with Gasteiger partial charge in [0.05, 0.1) is 15.6 Å². The Morgan fingerprint density at radius 3 is 2.68 bits per heavy atom. The van der Waals surface area contributed by atoms with Crippen LogP contribution in [0.25, 0.3) is 21.8 Å². The number of halogens is 2. The van der Waals surface area contributed by atoms with Crippen molar-refractivity contribution in [1.29, 1.82) is 0 Å². The molecule has 0 aliphatic heterocycles. The molecule has 3 nitrogen and oxygen atoms in total. The second-order valence-electron chi connectivity index (χ2n) is 5.03. The summed E-state index contributed by atoms with van der Waals surface area (Å²) in [6.45, 7) is 0. The largest absolute Gasteiger partial charge is 0.361 e. The Morgan fingerprint density at radius 1 is 0.909 bits per heavy atom.